The summed E-state index contributed by atoms with van der Waals surface area (Å²) in [4.78, 5) is 10.8. The summed E-state index contributed by atoms with van der Waals surface area (Å²) in [5.41, 5.74) is 3.12. The second-order valence-electron chi connectivity index (χ2n) is 4.48. The van der Waals surface area contributed by atoms with Crippen LogP contribution in [0.25, 0.3) is 0 Å². The standard InChI is InChI=1S/C14H16N2O3/c1-9-4-5-12(6-10(9)2)19-8-11-7-13(14(17)18)15-16(11)3/h4-7H,8H2,1-3H3,(H,17,18). The van der Waals surface area contributed by atoms with E-state index in [1.165, 1.54) is 16.3 Å². The van der Waals surface area contributed by atoms with E-state index >= 15 is 0 Å². The Balaban J connectivity index is 2.09. The van der Waals surface area contributed by atoms with E-state index in [0.717, 1.165) is 17.0 Å². The molecule has 0 atom stereocenters. The SMILES string of the molecule is Cc1ccc(OCc2cc(C(=O)O)nn2C)cc1C. The Bertz CT molecular complexity index is 617. The molecule has 0 unspecified atom stereocenters. The number of ether oxygens (including phenoxy) is 1. The molecule has 0 bridgehead atoms. The normalized spacial score (nSPS) is 10.5. The van der Waals surface area contributed by atoms with Crippen molar-refractivity contribution in [3.63, 3.8) is 0 Å². The number of aromatic nitrogens is 2. The Morgan fingerprint density at radius 1 is 1.32 bits per heavy atom. The average molecular weight is 260 g/mol. The highest BCUT2D eigenvalue weighted by atomic mass is 16.5. The van der Waals surface area contributed by atoms with E-state index < -0.39 is 5.97 Å². The zero-order chi connectivity index (χ0) is 14.0. The van der Waals surface area contributed by atoms with Gasteiger partial charge in [-0.15, -0.1) is 0 Å². The first-order chi connectivity index (χ1) is 8.97. The maximum absolute atomic E-state index is 10.8. The van der Waals surface area contributed by atoms with Crippen molar-refractivity contribution in [1.82, 2.24) is 9.78 Å². The lowest BCUT2D eigenvalue weighted by molar-refractivity contribution is 0.0689. The van der Waals surface area contributed by atoms with Crippen LogP contribution in [0.3, 0.4) is 0 Å². The predicted molar refractivity (Wildman–Crippen MR) is 70.4 cm³/mol. The van der Waals surface area contributed by atoms with Crippen molar-refractivity contribution >= 4 is 5.97 Å². The summed E-state index contributed by atoms with van der Waals surface area (Å²) in [5, 5.41) is 12.7. The second kappa shape index (κ2) is 5.14. The number of carbonyl (C=O) groups is 1. The van der Waals surface area contributed by atoms with Crippen molar-refractivity contribution in [2.24, 2.45) is 7.05 Å². The van der Waals surface area contributed by atoms with Gasteiger partial charge in [0.25, 0.3) is 0 Å². The summed E-state index contributed by atoms with van der Waals surface area (Å²) < 4.78 is 7.17. The van der Waals surface area contributed by atoms with Crippen LogP contribution >= 0.6 is 0 Å². The van der Waals surface area contributed by atoms with Gasteiger partial charge < -0.3 is 9.84 Å². The summed E-state index contributed by atoms with van der Waals surface area (Å²) in [6.45, 7) is 4.35. The summed E-state index contributed by atoms with van der Waals surface area (Å²) in [6.07, 6.45) is 0. The molecule has 0 saturated carbocycles. The summed E-state index contributed by atoms with van der Waals surface area (Å²) in [7, 11) is 1.70. The quantitative estimate of drug-likeness (QED) is 0.916. The van der Waals surface area contributed by atoms with Crippen molar-refractivity contribution in [2.75, 3.05) is 0 Å². The molecule has 1 heterocycles. The fourth-order valence-corrected chi connectivity index (χ4v) is 1.71. The molecule has 19 heavy (non-hydrogen) atoms. The van der Waals surface area contributed by atoms with Gasteiger partial charge in [-0.3, -0.25) is 4.68 Å². The first-order valence-corrected chi connectivity index (χ1v) is 5.93. The number of carboxylic acids is 1. The van der Waals surface area contributed by atoms with Gasteiger partial charge in [0.2, 0.25) is 0 Å². The Kier molecular flexibility index (Phi) is 3.55. The van der Waals surface area contributed by atoms with Crippen molar-refractivity contribution in [3.05, 3.63) is 46.8 Å². The third-order valence-electron chi connectivity index (χ3n) is 3.06. The molecule has 2 aromatic rings. The molecule has 1 aromatic heterocycles. The molecule has 100 valence electrons. The minimum Gasteiger partial charge on any atom is -0.487 e. The van der Waals surface area contributed by atoms with E-state index in [1.807, 2.05) is 32.0 Å². The zero-order valence-corrected chi connectivity index (χ0v) is 11.2. The fraction of sp³-hybridized carbons (Fsp3) is 0.286. The van der Waals surface area contributed by atoms with Gasteiger partial charge in [-0.1, -0.05) is 6.07 Å². The number of hydrogen-bond acceptors (Lipinski definition) is 3. The van der Waals surface area contributed by atoms with Crippen molar-refractivity contribution in [3.8, 4) is 5.75 Å². The Labute approximate surface area is 111 Å². The smallest absolute Gasteiger partial charge is 0.356 e. The highest BCUT2D eigenvalue weighted by Gasteiger charge is 2.11. The maximum Gasteiger partial charge on any atom is 0.356 e. The zero-order valence-electron chi connectivity index (χ0n) is 11.2. The molecule has 0 aliphatic rings. The molecular weight excluding hydrogens is 244 g/mol. The molecule has 2 rings (SSSR count). The maximum atomic E-state index is 10.8. The molecule has 5 nitrogen and oxygen atoms in total. The van der Waals surface area contributed by atoms with Crippen LogP contribution in [-0.2, 0) is 13.7 Å². The molecule has 0 aliphatic carbocycles. The van der Waals surface area contributed by atoms with Crippen LogP contribution in [0.5, 0.6) is 5.75 Å². The van der Waals surface area contributed by atoms with Gasteiger partial charge in [-0.05, 0) is 43.2 Å². The number of aryl methyl sites for hydroxylation is 3. The van der Waals surface area contributed by atoms with Gasteiger partial charge in [-0.25, -0.2) is 4.79 Å². The third-order valence-corrected chi connectivity index (χ3v) is 3.06. The van der Waals surface area contributed by atoms with E-state index in [1.54, 1.807) is 7.05 Å². The first-order valence-electron chi connectivity index (χ1n) is 5.93. The molecule has 0 aliphatic heterocycles. The van der Waals surface area contributed by atoms with Gasteiger partial charge in [0.15, 0.2) is 5.69 Å². The Morgan fingerprint density at radius 2 is 2.05 bits per heavy atom. The van der Waals surface area contributed by atoms with E-state index in [0.29, 0.717) is 6.61 Å². The van der Waals surface area contributed by atoms with Gasteiger partial charge in [0, 0.05) is 7.05 Å². The highest BCUT2D eigenvalue weighted by Crippen LogP contribution is 2.17. The molecule has 5 heteroatoms. The lowest BCUT2D eigenvalue weighted by Gasteiger charge is -2.08. The largest absolute Gasteiger partial charge is 0.487 e. The van der Waals surface area contributed by atoms with Crippen LogP contribution in [-0.4, -0.2) is 20.9 Å². The fourth-order valence-electron chi connectivity index (χ4n) is 1.71. The molecule has 0 radical (unpaired) electrons. The van der Waals surface area contributed by atoms with Crippen molar-refractivity contribution in [2.45, 2.75) is 20.5 Å². The minimum absolute atomic E-state index is 0.0289. The summed E-state index contributed by atoms with van der Waals surface area (Å²) in [6, 6.07) is 7.38. The minimum atomic E-state index is -1.03. The Hall–Kier alpha value is -2.30. The monoisotopic (exact) mass is 260 g/mol. The van der Waals surface area contributed by atoms with E-state index in [9.17, 15) is 4.79 Å². The number of aromatic carboxylic acids is 1. The lowest BCUT2D eigenvalue weighted by Crippen LogP contribution is -2.03. The molecule has 1 aromatic carbocycles. The predicted octanol–water partition coefficient (Wildman–Crippen LogP) is 2.31. The van der Waals surface area contributed by atoms with Crippen LogP contribution in [0.1, 0.15) is 27.3 Å². The number of hydrogen-bond donors (Lipinski definition) is 1. The lowest BCUT2D eigenvalue weighted by atomic mass is 10.1. The number of rotatable bonds is 4. The molecule has 0 fully saturated rings. The highest BCUT2D eigenvalue weighted by molar-refractivity contribution is 5.85. The van der Waals surface area contributed by atoms with Crippen LogP contribution < -0.4 is 4.74 Å². The van der Waals surface area contributed by atoms with Gasteiger partial charge in [0.1, 0.15) is 12.4 Å². The molecular formula is C14H16N2O3. The van der Waals surface area contributed by atoms with Crippen LogP contribution in [0, 0.1) is 13.8 Å². The number of benzene rings is 1. The first kappa shape index (κ1) is 13.1. The van der Waals surface area contributed by atoms with Gasteiger partial charge >= 0.3 is 5.97 Å². The van der Waals surface area contributed by atoms with E-state index in [4.69, 9.17) is 9.84 Å². The van der Waals surface area contributed by atoms with E-state index in [-0.39, 0.29) is 5.69 Å². The van der Waals surface area contributed by atoms with Gasteiger partial charge in [0.05, 0.1) is 5.69 Å². The number of carboxylic acid groups (broad SMARTS) is 1. The third kappa shape index (κ3) is 2.93. The van der Waals surface area contributed by atoms with Crippen LogP contribution in [0.15, 0.2) is 24.3 Å². The van der Waals surface area contributed by atoms with Gasteiger partial charge in [-0.2, -0.15) is 5.10 Å². The number of nitrogens with zero attached hydrogens (tertiary/aromatic N) is 2. The molecule has 0 saturated heterocycles. The molecule has 0 amide bonds. The topological polar surface area (TPSA) is 64.3 Å². The molecule has 0 spiro atoms. The molecule has 1 N–H and O–H groups in total. The van der Waals surface area contributed by atoms with Crippen molar-refractivity contribution < 1.29 is 14.6 Å². The Morgan fingerprint density at radius 3 is 2.63 bits per heavy atom. The van der Waals surface area contributed by atoms with Crippen LogP contribution in [0.4, 0.5) is 0 Å². The van der Waals surface area contributed by atoms with Crippen LogP contribution in [0.2, 0.25) is 0 Å². The summed E-state index contributed by atoms with van der Waals surface area (Å²) in [5.74, 6) is -0.269. The average Bonchev–Trinajstić information content (AvgIpc) is 2.73. The second-order valence-corrected chi connectivity index (χ2v) is 4.48. The van der Waals surface area contributed by atoms with Crippen molar-refractivity contribution in [1.29, 1.82) is 0 Å². The summed E-state index contributed by atoms with van der Waals surface area (Å²) >= 11 is 0. The van der Waals surface area contributed by atoms with E-state index in [2.05, 4.69) is 5.10 Å².